The molecule has 2 atom stereocenters. The monoisotopic (exact) mass is 391 g/mol. The highest BCUT2D eigenvalue weighted by Gasteiger charge is 2.44. The number of hydrogen-bond donors (Lipinski definition) is 1. The summed E-state index contributed by atoms with van der Waals surface area (Å²) in [7, 11) is 1.43. The molecular weight excluding hydrogens is 370 g/mol. The summed E-state index contributed by atoms with van der Waals surface area (Å²) >= 11 is 6.42. The highest BCUT2D eigenvalue weighted by Crippen LogP contribution is 2.47. The average Bonchev–Trinajstić information content (AvgIpc) is 2.61. The van der Waals surface area contributed by atoms with E-state index in [1.807, 2.05) is 0 Å². The molecule has 3 rings (SSSR count). The third-order valence-corrected chi connectivity index (χ3v) is 5.34. The topological polar surface area (TPSA) is 85.2 Å². The van der Waals surface area contributed by atoms with Crippen LogP contribution in [0.5, 0.6) is 11.5 Å². The maximum Gasteiger partial charge on any atom is 0.315 e. The van der Waals surface area contributed by atoms with Crippen LogP contribution in [0.4, 0.5) is 0 Å². The van der Waals surface area contributed by atoms with Crippen LogP contribution in [-0.4, -0.2) is 36.3 Å². The standard InChI is InChI=1S/C20H22ClNO5/c1-4-27-20(25)17-10(2)22-13-6-5-7-14(23)19(13)18(17)11-8-16(26-3)15(24)9-12(11)21/h8-9,17-18,24H,4-7H2,1-3H3/t17?,18-/m0/s1. The number of phenols is 1. The van der Waals surface area contributed by atoms with Crippen molar-refractivity contribution in [1.82, 2.24) is 0 Å². The molecule has 1 aliphatic heterocycles. The van der Waals surface area contributed by atoms with Crippen LogP contribution < -0.4 is 4.74 Å². The van der Waals surface area contributed by atoms with E-state index in [0.717, 1.165) is 6.42 Å². The minimum absolute atomic E-state index is 0.0325. The molecule has 1 aromatic carbocycles. The molecule has 0 radical (unpaired) electrons. The normalized spacial score (nSPS) is 22.2. The van der Waals surface area contributed by atoms with Crippen molar-refractivity contribution in [1.29, 1.82) is 0 Å². The van der Waals surface area contributed by atoms with E-state index in [1.54, 1.807) is 19.9 Å². The number of allylic oxidation sites excluding steroid dienone is 2. The summed E-state index contributed by atoms with van der Waals surface area (Å²) < 4.78 is 10.5. The molecule has 0 fully saturated rings. The molecule has 0 aromatic heterocycles. The van der Waals surface area contributed by atoms with Crippen molar-refractivity contribution in [3.63, 3.8) is 0 Å². The average molecular weight is 392 g/mol. The Kier molecular flexibility index (Phi) is 5.56. The molecule has 0 saturated carbocycles. The fourth-order valence-corrected chi connectivity index (χ4v) is 4.12. The number of ether oxygens (including phenoxy) is 2. The van der Waals surface area contributed by atoms with Gasteiger partial charge in [0.2, 0.25) is 0 Å². The number of hydrogen-bond acceptors (Lipinski definition) is 6. The van der Waals surface area contributed by atoms with Crippen LogP contribution in [0.3, 0.4) is 0 Å². The summed E-state index contributed by atoms with van der Waals surface area (Å²) in [5, 5.41) is 10.3. The van der Waals surface area contributed by atoms with Crippen molar-refractivity contribution >= 4 is 29.1 Å². The molecule has 1 heterocycles. The number of Topliss-reactive ketones (excluding diaryl/α,β-unsaturated/α-hetero) is 1. The number of aliphatic imine (C=N–C) groups is 1. The molecule has 7 heteroatoms. The van der Waals surface area contributed by atoms with Gasteiger partial charge >= 0.3 is 5.97 Å². The van der Waals surface area contributed by atoms with Crippen molar-refractivity contribution in [3.05, 3.63) is 34.0 Å². The van der Waals surface area contributed by atoms with Crippen LogP contribution in [-0.2, 0) is 14.3 Å². The first-order valence-corrected chi connectivity index (χ1v) is 9.31. The van der Waals surface area contributed by atoms with E-state index in [1.165, 1.54) is 13.2 Å². The van der Waals surface area contributed by atoms with Crippen molar-refractivity contribution in [2.45, 2.75) is 39.0 Å². The second kappa shape index (κ2) is 7.72. The molecule has 1 aliphatic carbocycles. The van der Waals surface area contributed by atoms with Crippen molar-refractivity contribution in [2.75, 3.05) is 13.7 Å². The lowest BCUT2D eigenvalue weighted by Crippen LogP contribution is -2.37. The van der Waals surface area contributed by atoms with Gasteiger partial charge in [-0.15, -0.1) is 0 Å². The van der Waals surface area contributed by atoms with E-state index >= 15 is 0 Å². The zero-order chi connectivity index (χ0) is 19.7. The number of carbonyl (C=O) groups is 2. The molecule has 0 bridgehead atoms. The van der Waals surface area contributed by atoms with Gasteiger partial charge in [0.05, 0.1) is 13.7 Å². The molecule has 0 saturated heterocycles. The Balaban J connectivity index is 2.23. The van der Waals surface area contributed by atoms with Gasteiger partial charge in [-0.3, -0.25) is 14.6 Å². The first-order chi connectivity index (χ1) is 12.9. The van der Waals surface area contributed by atoms with Gasteiger partial charge in [0.1, 0.15) is 5.92 Å². The lowest BCUT2D eigenvalue weighted by atomic mass is 9.71. The van der Waals surface area contributed by atoms with E-state index in [4.69, 9.17) is 21.1 Å². The highest BCUT2D eigenvalue weighted by molar-refractivity contribution is 6.32. The Hall–Kier alpha value is -2.34. The molecule has 6 nitrogen and oxygen atoms in total. The summed E-state index contributed by atoms with van der Waals surface area (Å²) in [6.45, 7) is 3.72. The van der Waals surface area contributed by atoms with Crippen molar-refractivity contribution < 1.29 is 24.2 Å². The predicted octanol–water partition coefficient (Wildman–Crippen LogP) is 3.80. The largest absolute Gasteiger partial charge is 0.504 e. The Morgan fingerprint density at radius 2 is 2.11 bits per heavy atom. The van der Waals surface area contributed by atoms with Gasteiger partial charge in [0.15, 0.2) is 17.3 Å². The van der Waals surface area contributed by atoms with Gasteiger partial charge in [-0.2, -0.15) is 0 Å². The first kappa shape index (κ1) is 19.4. The summed E-state index contributed by atoms with van der Waals surface area (Å²) in [6.07, 6.45) is 1.82. The van der Waals surface area contributed by atoms with Crippen LogP contribution >= 0.6 is 11.6 Å². The SMILES string of the molecule is CCOC(=O)C1C(C)=NC2=C(C(=O)CCC2)[C@H]1c1cc(OC)c(O)cc1Cl. The second-order valence-corrected chi connectivity index (χ2v) is 7.05. The number of esters is 1. The van der Waals surface area contributed by atoms with Gasteiger partial charge in [-0.1, -0.05) is 11.6 Å². The zero-order valence-electron chi connectivity index (χ0n) is 15.5. The number of rotatable bonds is 4. The Bertz CT molecular complexity index is 858. The maximum atomic E-state index is 12.8. The lowest BCUT2D eigenvalue weighted by molar-refractivity contribution is -0.146. The number of benzene rings is 1. The van der Waals surface area contributed by atoms with Crippen LogP contribution in [0, 0.1) is 5.92 Å². The molecule has 0 spiro atoms. The number of aromatic hydroxyl groups is 1. The van der Waals surface area contributed by atoms with E-state index in [2.05, 4.69) is 4.99 Å². The summed E-state index contributed by atoms with van der Waals surface area (Å²) in [6, 6.07) is 2.95. The Morgan fingerprint density at radius 3 is 2.78 bits per heavy atom. The number of halogens is 1. The number of ketones is 1. The number of phenolic OH excluding ortho intramolecular Hbond substituents is 1. The number of carbonyl (C=O) groups excluding carboxylic acids is 2. The fraction of sp³-hybridized carbons (Fsp3) is 0.450. The predicted molar refractivity (Wildman–Crippen MR) is 102 cm³/mol. The van der Waals surface area contributed by atoms with Crippen LogP contribution in [0.25, 0.3) is 0 Å². The summed E-state index contributed by atoms with van der Waals surface area (Å²) in [4.78, 5) is 30.1. The molecule has 1 aromatic rings. The molecule has 0 amide bonds. The van der Waals surface area contributed by atoms with E-state index in [9.17, 15) is 14.7 Å². The molecule has 27 heavy (non-hydrogen) atoms. The van der Waals surface area contributed by atoms with Crippen LogP contribution in [0.1, 0.15) is 44.6 Å². The van der Waals surface area contributed by atoms with Gasteiger partial charge in [0, 0.05) is 40.4 Å². The second-order valence-electron chi connectivity index (χ2n) is 6.64. The third kappa shape index (κ3) is 3.46. The molecule has 144 valence electrons. The third-order valence-electron chi connectivity index (χ3n) is 5.01. The van der Waals surface area contributed by atoms with Crippen molar-refractivity contribution in [2.24, 2.45) is 10.9 Å². The smallest absolute Gasteiger partial charge is 0.315 e. The van der Waals surface area contributed by atoms with Gasteiger partial charge in [-0.25, -0.2) is 0 Å². The van der Waals surface area contributed by atoms with E-state index < -0.39 is 17.8 Å². The van der Waals surface area contributed by atoms with Gasteiger partial charge in [-0.05, 0) is 38.3 Å². The number of nitrogens with zero attached hydrogens (tertiary/aromatic N) is 1. The minimum Gasteiger partial charge on any atom is -0.504 e. The van der Waals surface area contributed by atoms with Gasteiger partial charge < -0.3 is 14.6 Å². The quantitative estimate of drug-likeness (QED) is 0.789. The van der Waals surface area contributed by atoms with Gasteiger partial charge in [0.25, 0.3) is 0 Å². The maximum absolute atomic E-state index is 12.8. The summed E-state index contributed by atoms with van der Waals surface area (Å²) in [5.74, 6) is -1.73. The number of methoxy groups -OCH3 is 1. The Labute approximate surface area is 162 Å². The molecule has 2 aliphatic rings. The Morgan fingerprint density at radius 1 is 1.37 bits per heavy atom. The first-order valence-electron chi connectivity index (χ1n) is 8.93. The zero-order valence-corrected chi connectivity index (χ0v) is 16.3. The molecule has 1 unspecified atom stereocenters. The lowest BCUT2D eigenvalue weighted by Gasteiger charge is -2.35. The highest BCUT2D eigenvalue weighted by atomic mass is 35.5. The van der Waals surface area contributed by atoms with E-state index in [0.29, 0.717) is 35.4 Å². The van der Waals surface area contributed by atoms with Crippen molar-refractivity contribution in [3.8, 4) is 11.5 Å². The summed E-state index contributed by atoms with van der Waals surface area (Å²) in [5.41, 5.74) is 2.35. The van der Waals surface area contributed by atoms with Crippen LogP contribution in [0.2, 0.25) is 5.02 Å². The minimum atomic E-state index is -0.752. The molecule has 1 N–H and O–H groups in total. The van der Waals surface area contributed by atoms with Crippen LogP contribution in [0.15, 0.2) is 28.4 Å². The molecular formula is C20H22ClNO5. The fourth-order valence-electron chi connectivity index (χ4n) is 3.84. The van der Waals surface area contributed by atoms with E-state index in [-0.39, 0.29) is 28.9 Å².